The van der Waals surface area contributed by atoms with E-state index < -0.39 is 0 Å². The van der Waals surface area contributed by atoms with E-state index in [1.165, 1.54) is 12.8 Å². The number of nitrogens with one attached hydrogen (secondary N) is 1. The number of carbonyl (C=O) groups excluding carboxylic acids is 1. The second kappa shape index (κ2) is 5.85. The summed E-state index contributed by atoms with van der Waals surface area (Å²) < 4.78 is 0. The summed E-state index contributed by atoms with van der Waals surface area (Å²) in [6.45, 7) is 7.68. The predicted molar refractivity (Wildman–Crippen MR) is 69.8 cm³/mol. The standard InChI is InChI=1S/C14H26N2O/c1-11(2)4-3-9-16-13-7-8-15-10-12(13)5-6-14(16)17/h11-13,15H,3-10H2,1-2H3. The van der Waals surface area contributed by atoms with Gasteiger partial charge in [-0.2, -0.15) is 0 Å². The Morgan fingerprint density at radius 2 is 2.24 bits per heavy atom. The summed E-state index contributed by atoms with van der Waals surface area (Å²) in [4.78, 5) is 14.2. The largest absolute Gasteiger partial charge is 0.339 e. The molecule has 2 rings (SSSR count). The van der Waals surface area contributed by atoms with Crippen LogP contribution in [-0.2, 0) is 4.79 Å². The topological polar surface area (TPSA) is 32.3 Å². The molecule has 1 N–H and O–H groups in total. The zero-order valence-electron chi connectivity index (χ0n) is 11.2. The summed E-state index contributed by atoms with van der Waals surface area (Å²) >= 11 is 0. The van der Waals surface area contributed by atoms with Crippen LogP contribution in [0.1, 0.15) is 46.0 Å². The van der Waals surface area contributed by atoms with E-state index in [4.69, 9.17) is 0 Å². The maximum Gasteiger partial charge on any atom is 0.222 e. The zero-order valence-corrected chi connectivity index (χ0v) is 11.2. The smallest absolute Gasteiger partial charge is 0.222 e. The molecule has 2 heterocycles. The number of hydrogen-bond acceptors (Lipinski definition) is 2. The van der Waals surface area contributed by atoms with E-state index in [0.717, 1.165) is 44.8 Å². The zero-order chi connectivity index (χ0) is 12.3. The molecule has 2 unspecified atom stereocenters. The van der Waals surface area contributed by atoms with Crippen LogP contribution < -0.4 is 5.32 Å². The van der Waals surface area contributed by atoms with Crippen LogP contribution in [0, 0.1) is 11.8 Å². The van der Waals surface area contributed by atoms with Gasteiger partial charge in [-0.05, 0) is 50.6 Å². The fourth-order valence-electron chi connectivity index (χ4n) is 3.21. The molecule has 0 aliphatic carbocycles. The van der Waals surface area contributed by atoms with Gasteiger partial charge in [0, 0.05) is 19.0 Å². The summed E-state index contributed by atoms with van der Waals surface area (Å²) in [6, 6.07) is 0.532. The Kier molecular flexibility index (Phi) is 4.43. The second-order valence-electron chi connectivity index (χ2n) is 5.98. The highest BCUT2D eigenvalue weighted by atomic mass is 16.2. The first-order valence-electron chi connectivity index (χ1n) is 7.18. The minimum Gasteiger partial charge on any atom is -0.339 e. The van der Waals surface area contributed by atoms with Crippen molar-refractivity contribution in [3.05, 3.63) is 0 Å². The molecular formula is C14H26N2O. The van der Waals surface area contributed by atoms with Gasteiger partial charge in [0.05, 0.1) is 0 Å². The van der Waals surface area contributed by atoms with Crippen LogP contribution in [0.25, 0.3) is 0 Å². The molecule has 2 atom stereocenters. The number of carbonyl (C=O) groups is 1. The summed E-state index contributed by atoms with van der Waals surface area (Å²) in [5, 5.41) is 3.46. The molecule has 2 aliphatic heterocycles. The molecule has 0 bridgehead atoms. The van der Waals surface area contributed by atoms with E-state index in [-0.39, 0.29) is 0 Å². The van der Waals surface area contributed by atoms with E-state index in [9.17, 15) is 4.79 Å². The first-order valence-corrected chi connectivity index (χ1v) is 7.18. The Morgan fingerprint density at radius 3 is 3.00 bits per heavy atom. The molecule has 2 aliphatic rings. The quantitative estimate of drug-likeness (QED) is 0.812. The average molecular weight is 238 g/mol. The molecule has 0 spiro atoms. The Morgan fingerprint density at radius 1 is 1.41 bits per heavy atom. The van der Waals surface area contributed by atoms with Crippen LogP contribution in [-0.4, -0.2) is 36.5 Å². The fraction of sp³-hybridized carbons (Fsp3) is 0.929. The highest BCUT2D eigenvalue weighted by Crippen LogP contribution is 2.28. The third-order valence-corrected chi connectivity index (χ3v) is 4.20. The minimum absolute atomic E-state index is 0.400. The molecule has 98 valence electrons. The normalized spacial score (nSPS) is 29.6. The maximum atomic E-state index is 12.0. The lowest BCUT2D eigenvalue weighted by Gasteiger charge is -2.44. The van der Waals surface area contributed by atoms with Gasteiger partial charge in [-0.15, -0.1) is 0 Å². The second-order valence-corrected chi connectivity index (χ2v) is 5.98. The molecule has 0 saturated carbocycles. The Bertz CT molecular complexity index is 265. The molecule has 0 aromatic rings. The molecule has 2 saturated heterocycles. The Hall–Kier alpha value is -0.570. The number of hydrogen-bond donors (Lipinski definition) is 1. The summed E-state index contributed by atoms with van der Waals surface area (Å²) in [5.41, 5.74) is 0. The van der Waals surface area contributed by atoms with Crippen LogP contribution in [0.2, 0.25) is 0 Å². The minimum atomic E-state index is 0.400. The average Bonchev–Trinajstić information content (AvgIpc) is 2.32. The molecule has 0 radical (unpaired) electrons. The molecule has 17 heavy (non-hydrogen) atoms. The third-order valence-electron chi connectivity index (χ3n) is 4.20. The number of amides is 1. The van der Waals surface area contributed by atoms with Crippen LogP contribution in [0.4, 0.5) is 0 Å². The van der Waals surface area contributed by atoms with Crippen molar-refractivity contribution in [2.24, 2.45) is 11.8 Å². The van der Waals surface area contributed by atoms with Crippen molar-refractivity contribution in [3.8, 4) is 0 Å². The first kappa shape index (κ1) is 12.9. The van der Waals surface area contributed by atoms with Gasteiger partial charge in [0.2, 0.25) is 5.91 Å². The van der Waals surface area contributed by atoms with Crippen molar-refractivity contribution in [1.82, 2.24) is 10.2 Å². The lowest BCUT2D eigenvalue weighted by Crippen LogP contribution is -2.55. The lowest BCUT2D eigenvalue weighted by atomic mass is 9.84. The van der Waals surface area contributed by atoms with E-state index in [1.54, 1.807) is 0 Å². The first-order chi connectivity index (χ1) is 8.18. The van der Waals surface area contributed by atoms with Crippen molar-refractivity contribution in [3.63, 3.8) is 0 Å². The number of piperidine rings is 2. The number of likely N-dealkylation sites (tertiary alicyclic amines) is 1. The monoisotopic (exact) mass is 238 g/mol. The van der Waals surface area contributed by atoms with Gasteiger partial charge in [0.25, 0.3) is 0 Å². The van der Waals surface area contributed by atoms with Crippen LogP contribution in [0.3, 0.4) is 0 Å². The number of fused-ring (bicyclic) bond motifs is 1. The SMILES string of the molecule is CC(C)CCCN1C(=O)CCC2CNCCC21. The maximum absolute atomic E-state index is 12.0. The third kappa shape index (κ3) is 3.21. The van der Waals surface area contributed by atoms with E-state index in [2.05, 4.69) is 24.1 Å². The predicted octanol–water partition coefficient (Wildman–Crippen LogP) is 2.02. The summed E-state index contributed by atoms with van der Waals surface area (Å²) in [7, 11) is 0. The molecule has 3 heteroatoms. The molecular weight excluding hydrogens is 212 g/mol. The van der Waals surface area contributed by atoms with E-state index in [1.807, 2.05) is 0 Å². The fourth-order valence-corrected chi connectivity index (χ4v) is 3.21. The van der Waals surface area contributed by atoms with Crippen LogP contribution in [0.5, 0.6) is 0 Å². The van der Waals surface area contributed by atoms with Gasteiger partial charge in [-0.1, -0.05) is 13.8 Å². The Labute approximate surface area is 105 Å². The molecule has 3 nitrogen and oxygen atoms in total. The van der Waals surface area contributed by atoms with Crippen molar-refractivity contribution in [2.45, 2.75) is 52.0 Å². The van der Waals surface area contributed by atoms with Gasteiger partial charge in [-0.3, -0.25) is 4.79 Å². The molecule has 1 amide bonds. The van der Waals surface area contributed by atoms with Crippen LogP contribution >= 0.6 is 0 Å². The highest BCUT2D eigenvalue weighted by molar-refractivity contribution is 5.77. The number of rotatable bonds is 4. The van der Waals surface area contributed by atoms with Crippen molar-refractivity contribution in [2.75, 3.05) is 19.6 Å². The van der Waals surface area contributed by atoms with Gasteiger partial charge in [0.1, 0.15) is 0 Å². The van der Waals surface area contributed by atoms with Gasteiger partial charge < -0.3 is 10.2 Å². The Balaban J connectivity index is 1.89. The van der Waals surface area contributed by atoms with Crippen molar-refractivity contribution < 1.29 is 4.79 Å². The van der Waals surface area contributed by atoms with Gasteiger partial charge in [0.15, 0.2) is 0 Å². The van der Waals surface area contributed by atoms with E-state index in [0.29, 0.717) is 17.9 Å². The van der Waals surface area contributed by atoms with Gasteiger partial charge in [-0.25, -0.2) is 0 Å². The van der Waals surface area contributed by atoms with Crippen LogP contribution in [0.15, 0.2) is 0 Å². The van der Waals surface area contributed by atoms with Crippen molar-refractivity contribution in [1.29, 1.82) is 0 Å². The van der Waals surface area contributed by atoms with Gasteiger partial charge >= 0.3 is 0 Å². The highest BCUT2D eigenvalue weighted by Gasteiger charge is 2.36. The summed E-state index contributed by atoms with van der Waals surface area (Å²) in [6.07, 6.45) is 5.42. The number of nitrogens with zero attached hydrogens (tertiary/aromatic N) is 1. The lowest BCUT2D eigenvalue weighted by molar-refractivity contribution is -0.139. The van der Waals surface area contributed by atoms with Crippen molar-refractivity contribution >= 4 is 5.91 Å². The molecule has 2 fully saturated rings. The summed E-state index contributed by atoms with van der Waals surface area (Å²) in [5.74, 6) is 1.86. The van der Waals surface area contributed by atoms with E-state index >= 15 is 0 Å². The molecule has 0 aromatic carbocycles. The molecule has 0 aromatic heterocycles.